The minimum Gasteiger partial charge on any atom is -0.348 e. The van der Waals surface area contributed by atoms with Gasteiger partial charge in [-0.15, -0.1) is 0 Å². The summed E-state index contributed by atoms with van der Waals surface area (Å²) in [5.41, 5.74) is 1.25. The van der Waals surface area contributed by atoms with Gasteiger partial charge in [-0.25, -0.2) is 4.39 Å². The van der Waals surface area contributed by atoms with E-state index in [4.69, 9.17) is 0 Å². The summed E-state index contributed by atoms with van der Waals surface area (Å²) in [5.74, 6) is -0.535. The van der Waals surface area contributed by atoms with Crippen LogP contribution in [0.2, 0.25) is 0 Å². The fourth-order valence-electron chi connectivity index (χ4n) is 1.64. The van der Waals surface area contributed by atoms with Gasteiger partial charge in [-0.05, 0) is 51.8 Å². The summed E-state index contributed by atoms with van der Waals surface area (Å²) in [4.78, 5) is 12.0. The SMILES string of the molecule is O=C(NCc1cc(F)cc(Br)c1)c1ccccc1Br. The van der Waals surface area contributed by atoms with Gasteiger partial charge in [0.15, 0.2) is 0 Å². The first-order valence-electron chi connectivity index (χ1n) is 5.54. The Kier molecular flexibility index (Phi) is 4.71. The molecule has 2 aromatic rings. The maximum absolute atomic E-state index is 13.2. The summed E-state index contributed by atoms with van der Waals surface area (Å²) >= 11 is 6.53. The third-order valence-corrected chi connectivity index (χ3v) is 3.64. The Morgan fingerprint density at radius 3 is 2.58 bits per heavy atom. The number of benzene rings is 2. The molecule has 0 unspecified atom stereocenters. The zero-order valence-corrected chi connectivity index (χ0v) is 13.0. The largest absolute Gasteiger partial charge is 0.348 e. The van der Waals surface area contributed by atoms with Crippen molar-refractivity contribution in [1.82, 2.24) is 5.32 Å². The molecule has 0 fully saturated rings. The van der Waals surface area contributed by atoms with Gasteiger partial charge in [-0.1, -0.05) is 28.1 Å². The van der Waals surface area contributed by atoms with Crippen molar-refractivity contribution in [3.8, 4) is 0 Å². The van der Waals surface area contributed by atoms with Crippen LogP contribution in [0.25, 0.3) is 0 Å². The molecular formula is C14H10Br2FNO. The first kappa shape index (κ1) is 14.2. The molecule has 0 saturated carbocycles. The number of hydrogen-bond donors (Lipinski definition) is 1. The first-order valence-corrected chi connectivity index (χ1v) is 7.12. The number of hydrogen-bond acceptors (Lipinski definition) is 1. The minimum absolute atomic E-state index is 0.201. The number of rotatable bonds is 3. The second-order valence-corrected chi connectivity index (χ2v) is 5.71. The Morgan fingerprint density at radius 1 is 1.16 bits per heavy atom. The van der Waals surface area contributed by atoms with E-state index in [1.165, 1.54) is 12.1 Å². The lowest BCUT2D eigenvalue weighted by molar-refractivity contribution is 0.0950. The van der Waals surface area contributed by atoms with Crippen LogP contribution >= 0.6 is 31.9 Å². The van der Waals surface area contributed by atoms with Crippen molar-refractivity contribution in [3.63, 3.8) is 0 Å². The summed E-state index contributed by atoms with van der Waals surface area (Å²) in [7, 11) is 0. The zero-order chi connectivity index (χ0) is 13.8. The highest BCUT2D eigenvalue weighted by atomic mass is 79.9. The van der Waals surface area contributed by atoms with E-state index < -0.39 is 0 Å². The molecule has 2 nitrogen and oxygen atoms in total. The second-order valence-electron chi connectivity index (χ2n) is 3.94. The smallest absolute Gasteiger partial charge is 0.252 e. The Hall–Kier alpha value is -1.20. The molecule has 2 rings (SSSR count). The van der Waals surface area contributed by atoms with Crippen LogP contribution in [-0.2, 0) is 6.54 Å². The van der Waals surface area contributed by atoms with E-state index in [0.717, 1.165) is 4.47 Å². The Bertz CT molecular complexity index is 596. The van der Waals surface area contributed by atoms with Crippen LogP contribution in [0, 0.1) is 5.82 Å². The molecular weight excluding hydrogens is 377 g/mol. The molecule has 0 spiro atoms. The third kappa shape index (κ3) is 3.88. The van der Waals surface area contributed by atoms with Crippen LogP contribution in [-0.4, -0.2) is 5.91 Å². The second kappa shape index (κ2) is 6.30. The standard InChI is InChI=1S/C14H10Br2FNO/c15-10-5-9(6-11(17)7-10)8-18-14(19)12-3-1-2-4-13(12)16/h1-7H,8H2,(H,18,19). The van der Waals surface area contributed by atoms with E-state index in [0.29, 0.717) is 15.6 Å². The molecule has 0 aromatic heterocycles. The van der Waals surface area contributed by atoms with Gasteiger partial charge >= 0.3 is 0 Å². The van der Waals surface area contributed by atoms with Crippen molar-refractivity contribution in [1.29, 1.82) is 0 Å². The molecule has 1 N–H and O–H groups in total. The Balaban J connectivity index is 2.07. The Morgan fingerprint density at radius 2 is 1.89 bits per heavy atom. The highest BCUT2D eigenvalue weighted by Crippen LogP contribution is 2.17. The van der Waals surface area contributed by atoms with Gasteiger partial charge in [0.05, 0.1) is 5.56 Å². The first-order chi connectivity index (χ1) is 9.06. The lowest BCUT2D eigenvalue weighted by Crippen LogP contribution is -2.23. The lowest BCUT2D eigenvalue weighted by Gasteiger charge is -2.07. The van der Waals surface area contributed by atoms with Gasteiger partial charge in [0, 0.05) is 15.5 Å². The van der Waals surface area contributed by atoms with Gasteiger partial charge in [0.1, 0.15) is 5.82 Å². The molecule has 0 saturated heterocycles. The van der Waals surface area contributed by atoms with Gasteiger partial charge in [-0.3, -0.25) is 4.79 Å². The van der Waals surface area contributed by atoms with E-state index in [2.05, 4.69) is 37.2 Å². The van der Waals surface area contributed by atoms with Crippen LogP contribution in [0.3, 0.4) is 0 Å². The number of carbonyl (C=O) groups is 1. The summed E-state index contributed by atoms with van der Waals surface area (Å²) in [5, 5.41) is 2.75. The molecule has 19 heavy (non-hydrogen) atoms. The minimum atomic E-state index is -0.334. The number of nitrogens with one attached hydrogen (secondary N) is 1. The average molecular weight is 387 g/mol. The highest BCUT2D eigenvalue weighted by molar-refractivity contribution is 9.10. The van der Waals surface area contributed by atoms with Crippen molar-refractivity contribution >= 4 is 37.8 Å². The third-order valence-electron chi connectivity index (χ3n) is 2.49. The van der Waals surface area contributed by atoms with Crippen molar-refractivity contribution in [2.45, 2.75) is 6.54 Å². The monoisotopic (exact) mass is 385 g/mol. The molecule has 0 heterocycles. The molecule has 0 atom stereocenters. The van der Waals surface area contributed by atoms with Gasteiger partial charge in [0.2, 0.25) is 0 Å². The maximum atomic E-state index is 13.2. The van der Waals surface area contributed by atoms with Crippen molar-refractivity contribution in [2.24, 2.45) is 0 Å². The molecule has 5 heteroatoms. The quantitative estimate of drug-likeness (QED) is 0.837. The van der Waals surface area contributed by atoms with Crippen molar-refractivity contribution in [2.75, 3.05) is 0 Å². The topological polar surface area (TPSA) is 29.1 Å². The fraction of sp³-hybridized carbons (Fsp3) is 0.0714. The molecule has 1 amide bonds. The van der Waals surface area contributed by atoms with E-state index in [1.807, 2.05) is 6.07 Å². The van der Waals surface area contributed by atoms with E-state index in [9.17, 15) is 9.18 Å². The van der Waals surface area contributed by atoms with Gasteiger partial charge in [0.25, 0.3) is 5.91 Å². The van der Waals surface area contributed by atoms with Crippen LogP contribution in [0.1, 0.15) is 15.9 Å². The molecule has 0 aliphatic carbocycles. The van der Waals surface area contributed by atoms with Crippen molar-refractivity contribution < 1.29 is 9.18 Å². The lowest BCUT2D eigenvalue weighted by atomic mass is 10.2. The molecule has 0 aliphatic rings. The summed E-state index contributed by atoms with van der Waals surface area (Å²) in [6, 6.07) is 11.7. The molecule has 0 bridgehead atoms. The predicted molar refractivity (Wildman–Crippen MR) is 79.4 cm³/mol. The van der Waals surface area contributed by atoms with Crippen LogP contribution < -0.4 is 5.32 Å². The van der Waals surface area contributed by atoms with Gasteiger partial charge < -0.3 is 5.32 Å². The molecule has 2 aromatic carbocycles. The molecule has 98 valence electrons. The number of halogens is 3. The average Bonchev–Trinajstić information content (AvgIpc) is 2.35. The van der Waals surface area contributed by atoms with Crippen LogP contribution in [0.4, 0.5) is 4.39 Å². The van der Waals surface area contributed by atoms with Gasteiger partial charge in [-0.2, -0.15) is 0 Å². The summed E-state index contributed by atoms with van der Waals surface area (Å²) in [6.07, 6.45) is 0. The summed E-state index contributed by atoms with van der Waals surface area (Å²) < 4.78 is 14.6. The van der Waals surface area contributed by atoms with Crippen LogP contribution in [0.5, 0.6) is 0 Å². The van der Waals surface area contributed by atoms with Crippen molar-refractivity contribution in [3.05, 3.63) is 68.4 Å². The molecule has 0 aliphatic heterocycles. The summed E-state index contributed by atoms with van der Waals surface area (Å²) in [6.45, 7) is 0.274. The van der Waals surface area contributed by atoms with E-state index >= 15 is 0 Å². The number of carbonyl (C=O) groups excluding carboxylic acids is 1. The predicted octanol–water partition coefficient (Wildman–Crippen LogP) is 4.28. The highest BCUT2D eigenvalue weighted by Gasteiger charge is 2.09. The zero-order valence-electron chi connectivity index (χ0n) is 9.79. The normalized spacial score (nSPS) is 10.3. The van der Waals surface area contributed by atoms with E-state index in [-0.39, 0.29) is 18.3 Å². The van der Waals surface area contributed by atoms with E-state index in [1.54, 1.807) is 24.3 Å². The number of amides is 1. The fourth-order valence-corrected chi connectivity index (χ4v) is 2.61. The van der Waals surface area contributed by atoms with Crippen LogP contribution in [0.15, 0.2) is 51.4 Å². The Labute approximate surface area is 127 Å². The maximum Gasteiger partial charge on any atom is 0.252 e. The molecule has 0 radical (unpaired) electrons.